The van der Waals surface area contributed by atoms with Crippen molar-refractivity contribution in [3.8, 4) is 0 Å². The third kappa shape index (κ3) is 5.88. The van der Waals surface area contributed by atoms with Crippen LogP contribution < -0.4 is 0 Å². The minimum absolute atomic E-state index is 0.0231. The highest BCUT2D eigenvalue weighted by Crippen LogP contribution is 2.44. The quantitative estimate of drug-likeness (QED) is 0.203. The molecular formula is C27H39F3O2. The lowest BCUT2D eigenvalue weighted by molar-refractivity contribution is -0.157. The number of esters is 1. The monoisotopic (exact) mass is 452 g/mol. The van der Waals surface area contributed by atoms with Crippen LogP contribution in [0.1, 0.15) is 115 Å². The molecule has 0 N–H and O–H groups in total. The van der Waals surface area contributed by atoms with E-state index in [-0.39, 0.29) is 11.0 Å². The van der Waals surface area contributed by atoms with E-state index in [9.17, 15) is 18.0 Å². The molecule has 3 rings (SSSR count). The van der Waals surface area contributed by atoms with Crippen LogP contribution in [0.15, 0.2) is 12.1 Å². The maximum Gasteiger partial charge on any atom is 0.316 e. The van der Waals surface area contributed by atoms with E-state index in [1.807, 2.05) is 0 Å². The zero-order chi connectivity index (χ0) is 23.0. The first-order valence-electron chi connectivity index (χ1n) is 12.7. The van der Waals surface area contributed by atoms with Crippen molar-refractivity contribution >= 4 is 5.97 Å². The van der Waals surface area contributed by atoms with Crippen molar-refractivity contribution in [3.63, 3.8) is 0 Å². The first-order valence-corrected chi connectivity index (χ1v) is 12.7. The van der Waals surface area contributed by atoms with Crippen LogP contribution in [0.4, 0.5) is 13.2 Å². The van der Waals surface area contributed by atoms with Crippen molar-refractivity contribution in [2.24, 2.45) is 5.41 Å². The average molecular weight is 453 g/mol. The molecule has 180 valence electrons. The van der Waals surface area contributed by atoms with Gasteiger partial charge in [0, 0.05) is 5.41 Å². The molecule has 2 aliphatic carbocycles. The molecule has 2 aliphatic rings. The third-order valence-electron chi connectivity index (χ3n) is 7.87. The second kappa shape index (κ2) is 11.6. The Morgan fingerprint density at radius 1 is 0.844 bits per heavy atom. The second-order valence-corrected chi connectivity index (χ2v) is 10.2. The van der Waals surface area contributed by atoms with Crippen LogP contribution >= 0.6 is 0 Å². The summed E-state index contributed by atoms with van der Waals surface area (Å²) in [6.07, 6.45) is 16.4. The lowest BCUT2D eigenvalue weighted by Gasteiger charge is -2.40. The number of hydrogen-bond acceptors (Lipinski definition) is 2. The predicted octanol–water partition coefficient (Wildman–Crippen LogP) is 8.16. The van der Waals surface area contributed by atoms with E-state index in [1.165, 1.54) is 32.1 Å². The Morgan fingerprint density at radius 2 is 1.41 bits per heavy atom. The van der Waals surface area contributed by atoms with Crippen LogP contribution in [0.2, 0.25) is 0 Å². The molecule has 2 saturated carbocycles. The highest BCUT2D eigenvalue weighted by molar-refractivity contribution is 5.83. The van der Waals surface area contributed by atoms with Gasteiger partial charge >= 0.3 is 5.97 Å². The normalized spacial score (nSPS) is 20.1. The SMILES string of the molecule is CCCCCCCC1(COC(=O)C2(c3cc(F)c(F)c(F)c3)CCCCC2)CCCCC1. The Bertz CT molecular complexity index is 726. The van der Waals surface area contributed by atoms with Crippen LogP contribution in [0.3, 0.4) is 0 Å². The Balaban J connectivity index is 1.73. The third-order valence-corrected chi connectivity index (χ3v) is 7.87. The fourth-order valence-corrected chi connectivity index (χ4v) is 5.83. The van der Waals surface area contributed by atoms with E-state index in [0.29, 0.717) is 19.4 Å². The van der Waals surface area contributed by atoms with Gasteiger partial charge in [0.05, 0.1) is 12.0 Å². The molecule has 2 fully saturated rings. The van der Waals surface area contributed by atoms with Crippen molar-refractivity contribution in [1.29, 1.82) is 0 Å². The highest BCUT2D eigenvalue weighted by Gasteiger charge is 2.45. The van der Waals surface area contributed by atoms with Gasteiger partial charge in [-0.3, -0.25) is 4.79 Å². The number of rotatable bonds is 10. The summed E-state index contributed by atoms with van der Waals surface area (Å²) in [6, 6.07) is 1.99. The van der Waals surface area contributed by atoms with E-state index >= 15 is 0 Å². The molecule has 5 heteroatoms. The van der Waals surface area contributed by atoms with Crippen molar-refractivity contribution in [2.75, 3.05) is 6.61 Å². The minimum atomic E-state index is -1.49. The Hall–Kier alpha value is -1.52. The van der Waals surface area contributed by atoms with Gasteiger partial charge in [-0.25, -0.2) is 13.2 Å². The number of benzene rings is 1. The van der Waals surface area contributed by atoms with Crippen LogP contribution in [-0.4, -0.2) is 12.6 Å². The summed E-state index contributed by atoms with van der Waals surface area (Å²) in [5, 5.41) is 0. The summed E-state index contributed by atoms with van der Waals surface area (Å²) < 4.78 is 47.6. The molecule has 0 aliphatic heterocycles. The average Bonchev–Trinajstić information content (AvgIpc) is 2.81. The first kappa shape index (κ1) is 25.1. The number of ether oxygens (including phenoxy) is 1. The lowest BCUT2D eigenvalue weighted by Crippen LogP contribution is -2.42. The molecule has 0 saturated heterocycles. The smallest absolute Gasteiger partial charge is 0.316 e. The molecule has 0 heterocycles. The van der Waals surface area contributed by atoms with E-state index in [2.05, 4.69) is 6.92 Å². The molecule has 0 aromatic heterocycles. The Morgan fingerprint density at radius 3 is 2.00 bits per heavy atom. The van der Waals surface area contributed by atoms with Gasteiger partial charge < -0.3 is 4.74 Å². The van der Waals surface area contributed by atoms with Gasteiger partial charge in [-0.15, -0.1) is 0 Å². The minimum Gasteiger partial charge on any atom is -0.464 e. The molecule has 2 nitrogen and oxygen atoms in total. The van der Waals surface area contributed by atoms with Crippen molar-refractivity contribution in [1.82, 2.24) is 0 Å². The zero-order valence-corrected chi connectivity index (χ0v) is 19.6. The van der Waals surface area contributed by atoms with E-state index in [1.54, 1.807) is 0 Å². The Labute approximate surface area is 191 Å². The molecule has 0 unspecified atom stereocenters. The number of unbranched alkanes of at least 4 members (excludes halogenated alkanes) is 4. The first-order chi connectivity index (χ1) is 15.4. The fraction of sp³-hybridized carbons (Fsp3) is 0.741. The van der Waals surface area contributed by atoms with Gasteiger partial charge in [-0.2, -0.15) is 0 Å². The van der Waals surface area contributed by atoms with E-state index < -0.39 is 28.8 Å². The maximum absolute atomic E-state index is 14.0. The van der Waals surface area contributed by atoms with Gasteiger partial charge in [0.25, 0.3) is 0 Å². The second-order valence-electron chi connectivity index (χ2n) is 10.2. The molecular weight excluding hydrogens is 413 g/mol. The van der Waals surface area contributed by atoms with Crippen molar-refractivity contribution in [3.05, 3.63) is 35.1 Å². The molecule has 1 aromatic rings. The number of carbonyl (C=O) groups excluding carboxylic acids is 1. The van der Waals surface area contributed by atoms with Crippen molar-refractivity contribution in [2.45, 2.75) is 115 Å². The van der Waals surface area contributed by atoms with Gasteiger partial charge in [0.2, 0.25) is 0 Å². The van der Waals surface area contributed by atoms with Gasteiger partial charge in [0.1, 0.15) is 0 Å². The largest absolute Gasteiger partial charge is 0.464 e. The van der Waals surface area contributed by atoms with E-state index in [0.717, 1.165) is 69.9 Å². The van der Waals surface area contributed by atoms with Gasteiger partial charge in [-0.05, 0) is 49.8 Å². The molecule has 1 aromatic carbocycles. The molecule has 0 radical (unpaired) electrons. The summed E-state index contributed by atoms with van der Waals surface area (Å²) in [7, 11) is 0. The van der Waals surface area contributed by atoms with Gasteiger partial charge in [-0.1, -0.05) is 77.6 Å². The molecule has 0 amide bonds. The lowest BCUT2D eigenvalue weighted by atomic mass is 9.69. The summed E-state index contributed by atoms with van der Waals surface area (Å²) in [4.78, 5) is 13.5. The Kier molecular flexibility index (Phi) is 9.07. The van der Waals surface area contributed by atoms with Crippen LogP contribution in [0.25, 0.3) is 0 Å². The highest BCUT2D eigenvalue weighted by atomic mass is 19.2. The molecule has 32 heavy (non-hydrogen) atoms. The fourth-order valence-electron chi connectivity index (χ4n) is 5.83. The summed E-state index contributed by atoms with van der Waals surface area (Å²) in [5.74, 6) is -4.36. The zero-order valence-electron chi connectivity index (χ0n) is 19.6. The number of halogens is 3. The standard InChI is InChI=1S/C27H39F3O2/c1-2-3-4-5-8-13-26(14-9-6-10-15-26)20-32-25(31)27(16-11-7-12-17-27)21-18-22(28)24(30)23(29)19-21/h18-19H,2-17,20H2,1H3. The maximum atomic E-state index is 14.0. The number of carbonyl (C=O) groups is 1. The van der Waals surface area contributed by atoms with Gasteiger partial charge in [0.15, 0.2) is 17.5 Å². The summed E-state index contributed by atoms with van der Waals surface area (Å²) in [6.45, 7) is 2.59. The van der Waals surface area contributed by atoms with E-state index in [4.69, 9.17) is 4.74 Å². The van der Waals surface area contributed by atoms with Crippen LogP contribution in [0.5, 0.6) is 0 Å². The topological polar surface area (TPSA) is 26.3 Å². The van der Waals surface area contributed by atoms with Crippen molar-refractivity contribution < 1.29 is 22.7 Å². The van der Waals surface area contributed by atoms with Crippen LogP contribution in [-0.2, 0) is 14.9 Å². The summed E-state index contributed by atoms with van der Waals surface area (Å²) >= 11 is 0. The van der Waals surface area contributed by atoms with Crippen LogP contribution in [0, 0.1) is 22.9 Å². The predicted molar refractivity (Wildman–Crippen MR) is 121 cm³/mol. The summed E-state index contributed by atoms with van der Waals surface area (Å²) in [5.41, 5.74) is -0.837. The molecule has 0 atom stereocenters. The number of hydrogen-bond donors (Lipinski definition) is 0. The molecule has 0 spiro atoms. The molecule has 0 bridgehead atoms.